The van der Waals surface area contributed by atoms with E-state index in [1.165, 1.54) is 38.5 Å². The van der Waals surface area contributed by atoms with Gasteiger partial charge in [0.2, 0.25) is 0 Å². The number of rotatable bonds is 7. The molecule has 1 unspecified atom stereocenters. The van der Waals surface area contributed by atoms with Crippen molar-refractivity contribution in [3.63, 3.8) is 0 Å². The first-order chi connectivity index (χ1) is 7.77. The molecule has 1 saturated carbocycles. The summed E-state index contributed by atoms with van der Waals surface area (Å²) in [5.41, 5.74) is 6.18. The minimum absolute atomic E-state index is 0.272. The molecule has 0 saturated heterocycles. The topological polar surface area (TPSA) is 35.2 Å². The van der Waals surface area contributed by atoms with Crippen LogP contribution in [0.4, 0.5) is 0 Å². The number of hydrogen-bond acceptors (Lipinski definition) is 2. The van der Waals surface area contributed by atoms with Gasteiger partial charge in [-0.05, 0) is 31.1 Å². The van der Waals surface area contributed by atoms with Crippen LogP contribution in [-0.4, -0.2) is 19.3 Å². The van der Waals surface area contributed by atoms with Crippen LogP contribution < -0.4 is 5.73 Å². The fourth-order valence-corrected chi connectivity index (χ4v) is 2.81. The van der Waals surface area contributed by atoms with Crippen molar-refractivity contribution in [1.82, 2.24) is 0 Å². The Morgan fingerprint density at radius 1 is 1.12 bits per heavy atom. The van der Waals surface area contributed by atoms with E-state index >= 15 is 0 Å². The van der Waals surface area contributed by atoms with Crippen LogP contribution in [0, 0.1) is 11.8 Å². The number of ether oxygens (including phenoxy) is 1. The van der Waals surface area contributed by atoms with Crippen LogP contribution in [0.3, 0.4) is 0 Å². The van der Waals surface area contributed by atoms with Crippen molar-refractivity contribution in [3.8, 4) is 0 Å². The Morgan fingerprint density at radius 2 is 1.81 bits per heavy atom. The minimum Gasteiger partial charge on any atom is -0.380 e. The smallest absolute Gasteiger partial charge is 0.0620 e. The molecule has 2 nitrogen and oxygen atoms in total. The molecule has 1 fully saturated rings. The number of nitrogens with two attached hydrogens (primary N) is 1. The third kappa shape index (κ3) is 4.84. The fraction of sp³-hybridized carbons (Fsp3) is 1.00. The summed E-state index contributed by atoms with van der Waals surface area (Å²) in [6.07, 6.45) is 9.26. The van der Waals surface area contributed by atoms with Crippen LogP contribution >= 0.6 is 0 Å². The van der Waals surface area contributed by atoms with Crippen LogP contribution in [0.2, 0.25) is 0 Å². The van der Waals surface area contributed by atoms with Crippen LogP contribution in [0.25, 0.3) is 0 Å². The lowest BCUT2D eigenvalue weighted by molar-refractivity contribution is 0.0928. The van der Waals surface area contributed by atoms with Gasteiger partial charge in [-0.2, -0.15) is 0 Å². The maximum absolute atomic E-state index is 6.18. The highest BCUT2D eigenvalue weighted by Crippen LogP contribution is 2.32. The molecule has 0 heterocycles. The molecule has 0 radical (unpaired) electrons. The van der Waals surface area contributed by atoms with Gasteiger partial charge in [-0.15, -0.1) is 0 Å². The van der Waals surface area contributed by atoms with Gasteiger partial charge in [-0.1, -0.05) is 39.5 Å². The van der Waals surface area contributed by atoms with Gasteiger partial charge in [0, 0.05) is 12.6 Å². The lowest BCUT2D eigenvalue weighted by Crippen LogP contribution is -2.37. The largest absolute Gasteiger partial charge is 0.380 e. The van der Waals surface area contributed by atoms with Gasteiger partial charge in [-0.25, -0.2) is 0 Å². The Balaban J connectivity index is 2.14. The third-order valence-electron chi connectivity index (χ3n) is 3.85. The summed E-state index contributed by atoms with van der Waals surface area (Å²) in [6.45, 7) is 6.05. The summed E-state index contributed by atoms with van der Waals surface area (Å²) in [5.74, 6) is 1.69. The van der Waals surface area contributed by atoms with Gasteiger partial charge >= 0.3 is 0 Å². The summed E-state index contributed by atoms with van der Waals surface area (Å²) in [7, 11) is 0. The summed E-state index contributed by atoms with van der Waals surface area (Å²) >= 11 is 0. The molecule has 0 bridgehead atoms. The first-order valence-corrected chi connectivity index (χ1v) is 7.11. The normalized spacial score (nSPS) is 27.9. The molecule has 1 aliphatic rings. The summed E-state index contributed by atoms with van der Waals surface area (Å²) in [6, 6.07) is 0.272. The average Bonchev–Trinajstić information content (AvgIpc) is 2.30. The van der Waals surface area contributed by atoms with E-state index in [9.17, 15) is 0 Å². The lowest BCUT2D eigenvalue weighted by atomic mass is 9.77. The molecule has 2 N–H and O–H groups in total. The van der Waals surface area contributed by atoms with Gasteiger partial charge in [0.05, 0.1) is 6.61 Å². The average molecular weight is 227 g/mol. The zero-order valence-corrected chi connectivity index (χ0v) is 11.1. The van der Waals surface area contributed by atoms with Crippen molar-refractivity contribution in [3.05, 3.63) is 0 Å². The third-order valence-corrected chi connectivity index (χ3v) is 3.85. The predicted octanol–water partition coefficient (Wildman–Crippen LogP) is 3.35. The van der Waals surface area contributed by atoms with E-state index in [1.54, 1.807) is 0 Å². The van der Waals surface area contributed by atoms with Gasteiger partial charge in [0.1, 0.15) is 0 Å². The summed E-state index contributed by atoms with van der Waals surface area (Å²) < 4.78 is 5.55. The van der Waals surface area contributed by atoms with Crippen molar-refractivity contribution in [1.29, 1.82) is 0 Å². The van der Waals surface area contributed by atoms with Crippen molar-refractivity contribution in [2.75, 3.05) is 13.2 Å². The van der Waals surface area contributed by atoms with E-state index in [4.69, 9.17) is 10.5 Å². The summed E-state index contributed by atoms with van der Waals surface area (Å²) in [4.78, 5) is 0. The van der Waals surface area contributed by atoms with Crippen molar-refractivity contribution < 1.29 is 4.74 Å². The zero-order chi connectivity index (χ0) is 11.8. The van der Waals surface area contributed by atoms with E-state index in [0.717, 1.165) is 25.6 Å². The SMILES string of the molecule is CCCOCC(N)C1CCC(CCC)CC1. The second kappa shape index (κ2) is 8.08. The van der Waals surface area contributed by atoms with Crippen LogP contribution in [0.5, 0.6) is 0 Å². The lowest BCUT2D eigenvalue weighted by Gasteiger charge is -2.32. The Labute approximate surface area is 101 Å². The minimum atomic E-state index is 0.272. The molecule has 0 amide bonds. The Bertz CT molecular complexity index is 164. The van der Waals surface area contributed by atoms with Crippen LogP contribution in [0.1, 0.15) is 58.8 Å². The van der Waals surface area contributed by atoms with E-state index in [-0.39, 0.29) is 6.04 Å². The fourth-order valence-electron chi connectivity index (χ4n) is 2.81. The van der Waals surface area contributed by atoms with Crippen molar-refractivity contribution in [2.45, 2.75) is 64.8 Å². The zero-order valence-electron chi connectivity index (χ0n) is 11.1. The molecule has 2 heteroatoms. The van der Waals surface area contributed by atoms with Crippen LogP contribution in [0.15, 0.2) is 0 Å². The molecule has 1 aliphatic carbocycles. The second-order valence-electron chi connectivity index (χ2n) is 5.31. The predicted molar refractivity (Wildman–Crippen MR) is 69.4 cm³/mol. The van der Waals surface area contributed by atoms with E-state index in [1.807, 2.05) is 0 Å². The molecule has 0 aromatic heterocycles. The Morgan fingerprint density at radius 3 is 2.38 bits per heavy atom. The van der Waals surface area contributed by atoms with E-state index in [0.29, 0.717) is 5.92 Å². The van der Waals surface area contributed by atoms with Gasteiger partial charge in [-0.3, -0.25) is 0 Å². The molecule has 0 aromatic carbocycles. The molecular weight excluding hydrogens is 198 g/mol. The Hall–Kier alpha value is -0.0800. The van der Waals surface area contributed by atoms with Crippen LogP contribution in [-0.2, 0) is 4.74 Å². The molecule has 0 spiro atoms. The quantitative estimate of drug-likeness (QED) is 0.677. The van der Waals surface area contributed by atoms with Crippen molar-refractivity contribution >= 4 is 0 Å². The van der Waals surface area contributed by atoms with Crippen molar-refractivity contribution in [2.24, 2.45) is 17.6 Å². The molecule has 0 aromatic rings. The first-order valence-electron chi connectivity index (χ1n) is 7.11. The maximum atomic E-state index is 6.18. The molecular formula is C14H29NO. The maximum Gasteiger partial charge on any atom is 0.0620 e. The van der Waals surface area contributed by atoms with Gasteiger partial charge in [0.25, 0.3) is 0 Å². The summed E-state index contributed by atoms with van der Waals surface area (Å²) in [5, 5.41) is 0. The first kappa shape index (κ1) is 14.0. The monoisotopic (exact) mass is 227 g/mol. The second-order valence-corrected chi connectivity index (χ2v) is 5.31. The van der Waals surface area contributed by atoms with Gasteiger partial charge < -0.3 is 10.5 Å². The standard InChI is InChI=1S/C14H29NO/c1-3-5-12-6-8-13(9-7-12)14(15)11-16-10-4-2/h12-14H,3-11,15H2,1-2H3. The molecule has 1 atom stereocenters. The highest BCUT2D eigenvalue weighted by Gasteiger charge is 2.24. The highest BCUT2D eigenvalue weighted by molar-refractivity contribution is 4.79. The number of hydrogen-bond donors (Lipinski definition) is 1. The molecule has 16 heavy (non-hydrogen) atoms. The van der Waals surface area contributed by atoms with E-state index < -0.39 is 0 Å². The van der Waals surface area contributed by atoms with Gasteiger partial charge in [0.15, 0.2) is 0 Å². The Kier molecular flexibility index (Phi) is 7.06. The molecule has 1 rings (SSSR count). The van der Waals surface area contributed by atoms with E-state index in [2.05, 4.69) is 13.8 Å². The molecule has 0 aliphatic heterocycles. The highest BCUT2D eigenvalue weighted by atomic mass is 16.5. The molecule has 96 valence electrons.